The van der Waals surface area contributed by atoms with Crippen molar-refractivity contribution in [2.75, 3.05) is 6.61 Å². The number of ketones is 1. The van der Waals surface area contributed by atoms with Crippen LogP contribution in [-0.4, -0.2) is 36.1 Å². The summed E-state index contributed by atoms with van der Waals surface area (Å²) in [6.45, 7) is 10.6. The molecule has 132 valence electrons. The van der Waals surface area contributed by atoms with Crippen LogP contribution < -0.4 is 5.32 Å². The minimum Gasteiger partial charge on any atom is -0.464 e. The number of nitrogens with one attached hydrogen (secondary N) is 1. The summed E-state index contributed by atoms with van der Waals surface area (Å²) in [6, 6.07) is 3.65. The van der Waals surface area contributed by atoms with Crippen LogP contribution in [0, 0.1) is 13.8 Å². The van der Waals surface area contributed by atoms with E-state index in [-0.39, 0.29) is 6.61 Å². The van der Waals surface area contributed by atoms with E-state index in [4.69, 9.17) is 9.47 Å². The second-order valence-corrected chi connectivity index (χ2v) is 6.49. The Hall–Kier alpha value is -2.37. The summed E-state index contributed by atoms with van der Waals surface area (Å²) in [7, 11) is 0. The normalized spacial score (nSPS) is 12.2. The Labute approximate surface area is 142 Å². The lowest BCUT2D eigenvalue weighted by atomic mass is 9.99. The highest BCUT2D eigenvalue weighted by Gasteiger charge is 2.32. The van der Waals surface area contributed by atoms with Crippen molar-refractivity contribution in [1.29, 1.82) is 0 Å². The average molecular weight is 335 g/mol. The van der Waals surface area contributed by atoms with Crippen molar-refractivity contribution in [3.63, 3.8) is 0 Å². The number of hydrogen-bond donors (Lipinski definition) is 1. The summed E-state index contributed by atoms with van der Waals surface area (Å²) in [4.78, 5) is 36.7. The highest BCUT2D eigenvalue weighted by molar-refractivity contribution is 6.13. The van der Waals surface area contributed by atoms with Crippen LogP contribution in [0.15, 0.2) is 18.2 Å². The number of amides is 1. The van der Waals surface area contributed by atoms with E-state index >= 15 is 0 Å². The van der Waals surface area contributed by atoms with Crippen LogP contribution in [0.4, 0.5) is 4.79 Å². The minimum absolute atomic E-state index is 0.103. The van der Waals surface area contributed by atoms with Gasteiger partial charge in [0.25, 0.3) is 0 Å². The molecule has 0 unspecified atom stereocenters. The Bertz CT molecular complexity index is 631. The molecule has 0 saturated carbocycles. The van der Waals surface area contributed by atoms with E-state index < -0.39 is 29.5 Å². The second-order valence-electron chi connectivity index (χ2n) is 6.49. The van der Waals surface area contributed by atoms with Gasteiger partial charge >= 0.3 is 12.1 Å². The first-order valence-corrected chi connectivity index (χ1v) is 7.82. The molecule has 0 aliphatic rings. The van der Waals surface area contributed by atoms with E-state index in [9.17, 15) is 14.4 Å². The zero-order valence-electron chi connectivity index (χ0n) is 15.1. The monoisotopic (exact) mass is 335 g/mol. The number of carbonyl (C=O) groups is 3. The largest absolute Gasteiger partial charge is 0.464 e. The highest BCUT2D eigenvalue weighted by atomic mass is 16.6. The quantitative estimate of drug-likeness (QED) is 0.508. The zero-order chi connectivity index (χ0) is 18.5. The van der Waals surface area contributed by atoms with Crippen molar-refractivity contribution in [3.8, 4) is 0 Å². The third-order valence-corrected chi connectivity index (χ3v) is 3.24. The lowest BCUT2D eigenvalue weighted by molar-refractivity contribution is -0.144. The highest BCUT2D eigenvalue weighted by Crippen LogP contribution is 2.13. The molecular formula is C18H25NO5. The number of aryl methyl sites for hydroxylation is 2. The molecule has 0 bridgehead atoms. The smallest absolute Gasteiger partial charge is 0.408 e. The molecule has 1 aromatic carbocycles. The van der Waals surface area contributed by atoms with Gasteiger partial charge in [0, 0.05) is 5.56 Å². The molecule has 0 fully saturated rings. The SMILES string of the molecule is CCOC(=O)[C@@H](NC(=O)OC(C)(C)C)C(=O)c1ccc(C)c(C)c1. The van der Waals surface area contributed by atoms with Crippen LogP contribution in [0.2, 0.25) is 0 Å². The Morgan fingerprint density at radius 3 is 2.25 bits per heavy atom. The molecule has 0 aliphatic carbocycles. The lowest BCUT2D eigenvalue weighted by Gasteiger charge is -2.22. The molecule has 0 spiro atoms. The standard InChI is InChI=1S/C18H25NO5/c1-7-23-16(21)14(19-17(22)24-18(4,5)6)15(20)13-9-8-11(2)12(3)10-13/h8-10,14H,7H2,1-6H3,(H,19,22)/t14-/m0/s1. The molecule has 0 radical (unpaired) electrons. The maximum Gasteiger partial charge on any atom is 0.408 e. The van der Waals surface area contributed by atoms with Gasteiger partial charge in [-0.25, -0.2) is 9.59 Å². The van der Waals surface area contributed by atoms with E-state index in [1.54, 1.807) is 45.9 Å². The molecule has 1 atom stereocenters. The molecule has 1 aromatic rings. The molecular weight excluding hydrogens is 310 g/mol. The average Bonchev–Trinajstić information content (AvgIpc) is 2.45. The van der Waals surface area contributed by atoms with Crippen molar-refractivity contribution < 1.29 is 23.9 Å². The number of ether oxygens (including phenoxy) is 2. The van der Waals surface area contributed by atoms with Crippen molar-refractivity contribution in [2.45, 2.75) is 53.2 Å². The molecule has 0 saturated heterocycles. The summed E-state index contributed by atoms with van der Waals surface area (Å²) < 4.78 is 10.0. The zero-order valence-corrected chi connectivity index (χ0v) is 15.1. The van der Waals surface area contributed by atoms with Gasteiger partial charge in [0.15, 0.2) is 11.8 Å². The summed E-state index contributed by atoms with van der Waals surface area (Å²) in [5.74, 6) is -1.35. The van der Waals surface area contributed by atoms with Crippen LogP contribution in [0.3, 0.4) is 0 Å². The number of carbonyl (C=O) groups excluding carboxylic acids is 3. The minimum atomic E-state index is -1.44. The van der Waals surface area contributed by atoms with Crippen LogP contribution in [0.5, 0.6) is 0 Å². The first-order valence-electron chi connectivity index (χ1n) is 7.82. The maximum atomic E-state index is 12.7. The molecule has 24 heavy (non-hydrogen) atoms. The van der Waals surface area contributed by atoms with Gasteiger partial charge in [-0.2, -0.15) is 0 Å². The van der Waals surface area contributed by atoms with Gasteiger partial charge in [-0.3, -0.25) is 4.79 Å². The number of esters is 1. The second kappa shape index (κ2) is 7.95. The van der Waals surface area contributed by atoms with Crippen molar-refractivity contribution in [2.24, 2.45) is 0 Å². The molecule has 0 aromatic heterocycles. The van der Waals surface area contributed by atoms with E-state index in [1.165, 1.54) is 0 Å². The molecule has 1 rings (SSSR count). The van der Waals surface area contributed by atoms with Crippen molar-refractivity contribution in [3.05, 3.63) is 34.9 Å². The van der Waals surface area contributed by atoms with Crippen LogP contribution in [0.25, 0.3) is 0 Å². The molecule has 0 heterocycles. The number of Topliss-reactive ketones (excluding diaryl/α,β-unsaturated/α-hetero) is 1. The maximum absolute atomic E-state index is 12.7. The van der Waals surface area contributed by atoms with Gasteiger partial charge in [0.1, 0.15) is 5.60 Å². The first kappa shape index (κ1) is 19.7. The summed E-state index contributed by atoms with van der Waals surface area (Å²) >= 11 is 0. The van der Waals surface area contributed by atoms with E-state index in [0.29, 0.717) is 5.56 Å². The van der Waals surface area contributed by atoms with Crippen LogP contribution in [-0.2, 0) is 14.3 Å². The lowest BCUT2D eigenvalue weighted by Crippen LogP contribution is -2.49. The fourth-order valence-corrected chi connectivity index (χ4v) is 1.94. The molecule has 1 N–H and O–H groups in total. The Morgan fingerprint density at radius 1 is 1.12 bits per heavy atom. The molecule has 6 heteroatoms. The van der Waals surface area contributed by atoms with Gasteiger partial charge in [-0.1, -0.05) is 12.1 Å². The fourth-order valence-electron chi connectivity index (χ4n) is 1.94. The Kier molecular flexibility index (Phi) is 6.51. The van der Waals surface area contributed by atoms with E-state index in [2.05, 4.69) is 5.32 Å². The Morgan fingerprint density at radius 2 is 1.75 bits per heavy atom. The molecule has 0 aliphatic heterocycles. The fraction of sp³-hybridized carbons (Fsp3) is 0.500. The number of hydrogen-bond acceptors (Lipinski definition) is 5. The van der Waals surface area contributed by atoms with Gasteiger partial charge in [0.05, 0.1) is 6.61 Å². The van der Waals surface area contributed by atoms with Gasteiger partial charge in [-0.15, -0.1) is 0 Å². The van der Waals surface area contributed by atoms with Gasteiger partial charge in [0.2, 0.25) is 0 Å². The summed E-state index contributed by atoms with van der Waals surface area (Å²) in [6.07, 6.45) is -0.849. The molecule has 1 amide bonds. The summed E-state index contributed by atoms with van der Waals surface area (Å²) in [5.41, 5.74) is 1.53. The first-order chi connectivity index (χ1) is 11.0. The van der Waals surface area contributed by atoms with Crippen molar-refractivity contribution in [1.82, 2.24) is 5.32 Å². The van der Waals surface area contributed by atoms with E-state index in [1.807, 2.05) is 13.8 Å². The van der Waals surface area contributed by atoms with Gasteiger partial charge in [-0.05, 0) is 58.7 Å². The third-order valence-electron chi connectivity index (χ3n) is 3.24. The number of alkyl carbamates (subject to hydrolysis) is 1. The summed E-state index contributed by atoms with van der Waals surface area (Å²) in [5, 5.41) is 2.31. The number of benzene rings is 1. The van der Waals surface area contributed by atoms with E-state index in [0.717, 1.165) is 11.1 Å². The van der Waals surface area contributed by atoms with Crippen LogP contribution >= 0.6 is 0 Å². The topological polar surface area (TPSA) is 81.7 Å². The van der Waals surface area contributed by atoms with Crippen molar-refractivity contribution >= 4 is 17.8 Å². The van der Waals surface area contributed by atoms with Gasteiger partial charge < -0.3 is 14.8 Å². The third kappa shape index (κ3) is 5.68. The predicted octanol–water partition coefficient (Wildman–Crippen LogP) is 2.94. The Balaban J connectivity index is 3.04. The van der Waals surface area contributed by atoms with Crippen LogP contribution in [0.1, 0.15) is 49.2 Å². The molecule has 6 nitrogen and oxygen atoms in total. The predicted molar refractivity (Wildman–Crippen MR) is 90.0 cm³/mol. The number of rotatable bonds is 5.